The second kappa shape index (κ2) is 10.5. The highest BCUT2D eigenvalue weighted by atomic mass is 32.2. The summed E-state index contributed by atoms with van der Waals surface area (Å²) >= 11 is 1.81. The van der Waals surface area contributed by atoms with E-state index in [0.717, 1.165) is 36.6 Å². The number of nitrogens with one attached hydrogen (secondary N) is 2. The fourth-order valence-corrected chi connectivity index (χ4v) is 3.69. The van der Waals surface area contributed by atoms with Gasteiger partial charge >= 0.3 is 0 Å². The van der Waals surface area contributed by atoms with Gasteiger partial charge in [0.15, 0.2) is 0 Å². The fraction of sp³-hybridized carbons (Fsp3) is 0.476. The molecule has 0 radical (unpaired) electrons. The summed E-state index contributed by atoms with van der Waals surface area (Å²) in [6.45, 7) is 3.70. The van der Waals surface area contributed by atoms with Crippen molar-refractivity contribution in [3.05, 3.63) is 41.6 Å². The normalized spacial score (nSPS) is 16.5. The molecule has 2 aromatic rings. The number of fused-ring (bicyclic) bond motifs is 1. The number of hydrogen-bond donors (Lipinski definition) is 2. The van der Waals surface area contributed by atoms with Crippen LogP contribution in [0.25, 0.3) is 11.3 Å². The van der Waals surface area contributed by atoms with Gasteiger partial charge in [-0.25, -0.2) is 14.3 Å². The number of aromatic nitrogens is 3. The van der Waals surface area contributed by atoms with E-state index in [1.54, 1.807) is 18.9 Å². The Kier molecular flexibility index (Phi) is 7.75. The molecule has 0 bridgehead atoms. The van der Waals surface area contributed by atoms with E-state index in [9.17, 15) is 9.59 Å². The second-order valence-electron chi connectivity index (χ2n) is 7.36. The zero-order valence-electron chi connectivity index (χ0n) is 17.6. The topological polar surface area (TPSA) is 100 Å². The van der Waals surface area contributed by atoms with Crippen LogP contribution in [-0.4, -0.2) is 57.5 Å². The van der Waals surface area contributed by atoms with Gasteiger partial charge in [-0.3, -0.25) is 14.6 Å². The van der Waals surface area contributed by atoms with Crippen molar-refractivity contribution in [3.63, 3.8) is 0 Å². The van der Waals surface area contributed by atoms with Crippen LogP contribution in [0.4, 0.5) is 0 Å². The molecule has 1 fully saturated rings. The highest BCUT2D eigenvalue weighted by Crippen LogP contribution is 2.38. The first-order valence-electron chi connectivity index (χ1n) is 10.1. The molecule has 0 saturated heterocycles. The van der Waals surface area contributed by atoms with Gasteiger partial charge < -0.3 is 10.6 Å². The van der Waals surface area contributed by atoms with E-state index >= 15 is 0 Å². The lowest BCUT2D eigenvalue weighted by Gasteiger charge is -2.26. The first-order chi connectivity index (χ1) is 14.5. The van der Waals surface area contributed by atoms with Crippen molar-refractivity contribution >= 4 is 24.3 Å². The van der Waals surface area contributed by atoms with Crippen molar-refractivity contribution in [3.8, 4) is 11.3 Å². The Morgan fingerprint density at radius 1 is 1.23 bits per heavy atom. The number of likely N-dealkylation sites (N-methyl/N-ethyl adjacent to an activating group) is 1. The highest BCUT2D eigenvalue weighted by molar-refractivity contribution is 7.96. The molecule has 0 spiro atoms. The maximum atomic E-state index is 10.6. The minimum absolute atomic E-state index is 0.192. The molecule has 30 heavy (non-hydrogen) atoms. The molecule has 2 aromatic heterocycles. The molecule has 1 unspecified atom stereocenters. The third kappa shape index (κ3) is 5.76. The van der Waals surface area contributed by atoms with Crippen LogP contribution in [0.3, 0.4) is 0 Å². The highest BCUT2D eigenvalue weighted by Gasteiger charge is 2.26. The number of rotatable bonds is 6. The molecular weight excluding hydrogens is 400 g/mol. The smallest absolute Gasteiger partial charge is 0.242 e. The van der Waals surface area contributed by atoms with Crippen molar-refractivity contribution in [1.29, 1.82) is 0 Å². The number of amides is 2. The molecule has 8 nitrogen and oxygen atoms in total. The van der Waals surface area contributed by atoms with Crippen LogP contribution in [-0.2, 0) is 22.6 Å². The van der Waals surface area contributed by atoms with Crippen LogP contribution in [0.2, 0.25) is 0 Å². The van der Waals surface area contributed by atoms with E-state index in [0.29, 0.717) is 12.3 Å². The molecule has 1 aliphatic carbocycles. The van der Waals surface area contributed by atoms with Crippen LogP contribution in [0, 0.1) is 0 Å². The number of hydrogen-bond acceptors (Lipinski definition) is 7. The van der Waals surface area contributed by atoms with Crippen LogP contribution < -0.4 is 10.6 Å². The van der Waals surface area contributed by atoms with Gasteiger partial charge in [0.2, 0.25) is 12.3 Å². The average molecular weight is 429 g/mol. The summed E-state index contributed by atoms with van der Waals surface area (Å²) in [7, 11) is 1.52. The Bertz CT molecular complexity index is 872. The summed E-state index contributed by atoms with van der Waals surface area (Å²) < 4.78 is 2.37. The van der Waals surface area contributed by atoms with Crippen molar-refractivity contribution in [2.75, 3.05) is 19.8 Å². The lowest BCUT2D eigenvalue weighted by Crippen LogP contribution is -2.39. The van der Waals surface area contributed by atoms with Gasteiger partial charge in [0.25, 0.3) is 0 Å². The summed E-state index contributed by atoms with van der Waals surface area (Å²) in [4.78, 5) is 33.9. The number of carbonyl (C=O) groups is 2. The summed E-state index contributed by atoms with van der Waals surface area (Å²) in [5.41, 5.74) is 4.77. The Morgan fingerprint density at radius 3 is 2.57 bits per heavy atom. The van der Waals surface area contributed by atoms with E-state index < -0.39 is 6.04 Å². The van der Waals surface area contributed by atoms with Crippen LogP contribution in [0.5, 0.6) is 0 Å². The molecule has 1 saturated carbocycles. The molecule has 160 valence electrons. The Labute approximate surface area is 181 Å². The molecule has 4 rings (SSSR count). The largest absolute Gasteiger partial charge is 0.357 e. The molecule has 1 atom stereocenters. The minimum Gasteiger partial charge on any atom is -0.357 e. The van der Waals surface area contributed by atoms with Gasteiger partial charge in [0.05, 0.1) is 5.69 Å². The Hall–Kier alpha value is -2.52. The van der Waals surface area contributed by atoms with E-state index in [-0.39, 0.29) is 5.91 Å². The van der Waals surface area contributed by atoms with Gasteiger partial charge in [0, 0.05) is 50.2 Å². The zero-order valence-corrected chi connectivity index (χ0v) is 18.4. The van der Waals surface area contributed by atoms with Gasteiger partial charge in [-0.05, 0) is 49.6 Å². The molecule has 2 N–H and O–H groups in total. The Balaban J connectivity index is 0.000000244. The van der Waals surface area contributed by atoms with Crippen molar-refractivity contribution in [2.24, 2.45) is 0 Å². The van der Waals surface area contributed by atoms with Crippen molar-refractivity contribution in [1.82, 2.24) is 29.9 Å². The summed E-state index contributed by atoms with van der Waals surface area (Å²) in [5, 5.41) is 4.69. The average Bonchev–Trinajstić information content (AvgIpc) is 3.64. The van der Waals surface area contributed by atoms with E-state index in [2.05, 4.69) is 42.2 Å². The maximum absolute atomic E-state index is 10.6. The predicted octanol–water partition coefficient (Wildman–Crippen LogP) is 1.92. The van der Waals surface area contributed by atoms with Gasteiger partial charge in [-0.1, -0.05) is 11.9 Å². The van der Waals surface area contributed by atoms with Gasteiger partial charge in [-0.15, -0.1) is 0 Å². The Morgan fingerprint density at radius 2 is 1.97 bits per heavy atom. The molecular formula is C21H28N6O2S. The van der Waals surface area contributed by atoms with E-state index in [1.165, 1.54) is 31.0 Å². The van der Waals surface area contributed by atoms with Crippen molar-refractivity contribution < 1.29 is 9.59 Å². The summed E-state index contributed by atoms with van der Waals surface area (Å²) in [6.07, 6.45) is 12.1. The monoisotopic (exact) mass is 428 g/mol. The minimum atomic E-state index is -0.438. The zero-order chi connectivity index (χ0) is 21.5. The third-order valence-corrected chi connectivity index (χ3v) is 6.01. The lowest BCUT2D eigenvalue weighted by atomic mass is 10.0. The summed E-state index contributed by atoms with van der Waals surface area (Å²) in [5.74, 6) is 1.41. The molecule has 9 heteroatoms. The van der Waals surface area contributed by atoms with Gasteiger partial charge in [-0.2, -0.15) is 0 Å². The number of pyridine rings is 1. The lowest BCUT2D eigenvalue weighted by molar-refractivity contribution is -0.124. The molecule has 3 heterocycles. The third-order valence-electron chi connectivity index (χ3n) is 5.19. The number of carbonyl (C=O) groups excluding carboxylic acids is 2. The quantitative estimate of drug-likeness (QED) is 0.535. The predicted molar refractivity (Wildman–Crippen MR) is 118 cm³/mol. The van der Waals surface area contributed by atoms with E-state index in [4.69, 9.17) is 0 Å². The summed E-state index contributed by atoms with van der Waals surface area (Å²) in [6, 6.07) is 1.77. The van der Waals surface area contributed by atoms with Crippen LogP contribution in [0.1, 0.15) is 42.6 Å². The molecule has 1 aliphatic heterocycles. The fourth-order valence-electron chi connectivity index (χ4n) is 3.15. The van der Waals surface area contributed by atoms with Crippen LogP contribution >= 0.6 is 11.9 Å². The van der Waals surface area contributed by atoms with Crippen molar-refractivity contribution in [2.45, 2.75) is 44.7 Å². The molecule has 0 aromatic carbocycles. The van der Waals surface area contributed by atoms with E-state index in [1.807, 2.05) is 18.6 Å². The van der Waals surface area contributed by atoms with Gasteiger partial charge in [0.1, 0.15) is 11.9 Å². The molecule has 2 amide bonds. The second-order valence-corrected chi connectivity index (χ2v) is 8.24. The maximum Gasteiger partial charge on any atom is 0.242 e. The standard InChI is InChI=1S/C16H18N4S.C5H10N2O2/c1-21-20-5-4-12-6-15(17-9-14(12)10-20)13-7-18-16(19-8-13)11-2-3-11;1-4(7-3-8)5(9)6-2/h6-9,11H,2-5,10H2,1H3;3-4H,1-2H3,(H,6,9)(H,7,8). The first kappa shape index (κ1) is 22.2. The first-order valence-corrected chi connectivity index (χ1v) is 11.2. The SMILES string of the molecule is CNC(=O)C(C)NC=O.CSN1CCc2cc(-c3cnc(C4CC4)nc3)ncc2C1. The van der Waals surface area contributed by atoms with Crippen LogP contribution in [0.15, 0.2) is 24.7 Å². The molecule has 2 aliphatic rings. The number of nitrogens with zero attached hydrogens (tertiary/aromatic N) is 4.